The molecule has 1 radical (unpaired) electrons. The summed E-state index contributed by atoms with van der Waals surface area (Å²) >= 11 is 0. The smallest absolute Gasteiger partial charge is 0.0300 e. The van der Waals surface area contributed by atoms with E-state index in [1.807, 2.05) is 24.3 Å². The Balaban J connectivity index is 2.61. The molecule has 1 unspecified atom stereocenters. The fourth-order valence-electron chi connectivity index (χ4n) is 1.10. The number of hydrogen-bond acceptors (Lipinski definition) is 1. The lowest BCUT2D eigenvalue weighted by Gasteiger charge is -2.08. The van der Waals surface area contributed by atoms with Crippen molar-refractivity contribution in [3.8, 4) is 0 Å². The van der Waals surface area contributed by atoms with Crippen LogP contribution in [-0.2, 0) is 0 Å². The van der Waals surface area contributed by atoms with Crippen LogP contribution in [0.3, 0.4) is 0 Å². The van der Waals surface area contributed by atoms with Crippen molar-refractivity contribution >= 4 is 0 Å². The Morgan fingerprint density at radius 1 is 1.55 bits per heavy atom. The van der Waals surface area contributed by atoms with Crippen molar-refractivity contribution in [1.82, 2.24) is 0 Å². The Hall–Kier alpha value is -0.820. The summed E-state index contributed by atoms with van der Waals surface area (Å²) in [4.78, 5) is 0. The lowest BCUT2D eigenvalue weighted by molar-refractivity contribution is 0.638. The molecule has 59 valence electrons. The molecular weight excluding hydrogens is 134 g/mol. The highest BCUT2D eigenvalue weighted by molar-refractivity contribution is 5.16. The second-order valence-corrected chi connectivity index (χ2v) is 2.71. The van der Waals surface area contributed by atoms with Crippen LogP contribution >= 0.6 is 0 Å². The molecule has 1 heteroatoms. The summed E-state index contributed by atoms with van der Waals surface area (Å²) in [6.07, 6.45) is 2.17. The topological polar surface area (TPSA) is 26.0 Å². The van der Waals surface area contributed by atoms with E-state index in [0.29, 0.717) is 0 Å². The molecule has 11 heavy (non-hydrogen) atoms. The number of benzene rings is 1. The zero-order valence-corrected chi connectivity index (χ0v) is 6.88. The average molecular weight is 148 g/mol. The molecule has 1 atom stereocenters. The van der Waals surface area contributed by atoms with Gasteiger partial charge in [0.25, 0.3) is 0 Å². The van der Waals surface area contributed by atoms with E-state index in [1.165, 1.54) is 0 Å². The van der Waals surface area contributed by atoms with Gasteiger partial charge in [-0.25, -0.2) is 0 Å². The molecule has 0 aliphatic heterocycles. The van der Waals surface area contributed by atoms with Crippen LogP contribution in [0.4, 0.5) is 0 Å². The summed E-state index contributed by atoms with van der Waals surface area (Å²) in [5.41, 5.74) is 6.99. The molecule has 0 saturated heterocycles. The summed E-state index contributed by atoms with van der Waals surface area (Å²) in [5.74, 6) is 0. The Labute approximate surface area is 68.2 Å². The molecule has 0 saturated carbocycles. The monoisotopic (exact) mass is 148 g/mol. The third kappa shape index (κ3) is 2.35. The Bertz CT molecular complexity index is 193. The van der Waals surface area contributed by atoms with Gasteiger partial charge in [-0.3, -0.25) is 0 Å². The predicted molar refractivity (Wildman–Crippen MR) is 47.1 cm³/mol. The average Bonchev–Trinajstić information content (AvgIpc) is 2.07. The van der Waals surface area contributed by atoms with Crippen LogP contribution < -0.4 is 5.73 Å². The van der Waals surface area contributed by atoms with E-state index < -0.39 is 0 Å². The van der Waals surface area contributed by atoms with Crippen LogP contribution in [-0.4, -0.2) is 0 Å². The van der Waals surface area contributed by atoms with Gasteiger partial charge in [-0.1, -0.05) is 37.6 Å². The van der Waals surface area contributed by atoms with Crippen LogP contribution in [0.25, 0.3) is 0 Å². The van der Waals surface area contributed by atoms with Crippen molar-refractivity contribution in [2.45, 2.75) is 25.8 Å². The van der Waals surface area contributed by atoms with E-state index in [2.05, 4.69) is 13.0 Å². The van der Waals surface area contributed by atoms with Gasteiger partial charge in [0.05, 0.1) is 0 Å². The fraction of sp³-hybridized carbons (Fsp3) is 0.400. The van der Waals surface area contributed by atoms with Gasteiger partial charge >= 0.3 is 0 Å². The van der Waals surface area contributed by atoms with Gasteiger partial charge in [-0.15, -0.1) is 0 Å². The third-order valence-electron chi connectivity index (χ3n) is 1.73. The lowest BCUT2D eigenvalue weighted by Crippen LogP contribution is -2.09. The normalized spacial score (nSPS) is 12.9. The molecule has 0 aliphatic carbocycles. The summed E-state index contributed by atoms with van der Waals surface area (Å²) in [5, 5.41) is 0. The van der Waals surface area contributed by atoms with E-state index in [0.717, 1.165) is 18.4 Å². The minimum atomic E-state index is 0.168. The van der Waals surface area contributed by atoms with Crippen LogP contribution in [0.15, 0.2) is 24.3 Å². The SMILES string of the molecule is CCCC(N)c1[c]cccc1. The Kier molecular flexibility index (Phi) is 3.12. The summed E-state index contributed by atoms with van der Waals surface area (Å²) in [6.45, 7) is 2.14. The molecule has 0 amide bonds. The highest BCUT2D eigenvalue weighted by Gasteiger charge is 2.01. The maximum atomic E-state index is 5.87. The van der Waals surface area contributed by atoms with Gasteiger partial charge < -0.3 is 5.73 Å². The van der Waals surface area contributed by atoms with Gasteiger partial charge in [0.2, 0.25) is 0 Å². The maximum Gasteiger partial charge on any atom is 0.0300 e. The van der Waals surface area contributed by atoms with E-state index in [9.17, 15) is 0 Å². The first-order chi connectivity index (χ1) is 5.34. The summed E-state index contributed by atoms with van der Waals surface area (Å²) in [7, 11) is 0. The first-order valence-corrected chi connectivity index (χ1v) is 4.06. The molecule has 0 heterocycles. The minimum absolute atomic E-state index is 0.168. The van der Waals surface area contributed by atoms with E-state index in [1.54, 1.807) is 0 Å². The van der Waals surface area contributed by atoms with Gasteiger partial charge in [0, 0.05) is 6.04 Å². The van der Waals surface area contributed by atoms with E-state index in [4.69, 9.17) is 5.73 Å². The Morgan fingerprint density at radius 2 is 2.36 bits per heavy atom. The van der Waals surface area contributed by atoms with Crippen molar-refractivity contribution < 1.29 is 0 Å². The van der Waals surface area contributed by atoms with Crippen molar-refractivity contribution in [1.29, 1.82) is 0 Å². The zero-order chi connectivity index (χ0) is 8.10. The molecule has 1 nitrogen and oxygen atoms in total. The zero-order valence-electron chi connectivity index (χ0n) is 6.88. The molecule has 0 fully saturated rings. The van der Waals surface area contributed by atoms with Crippen molar-refractivity contribution in [2.24, 2.45) is 5.73 Å². The molecular formula is C10H14N. The molecule has 1 rings (SSSR count). The summed E-state index contributed by atoms with van der Waals surface area (Å²) < 4.78 is 0. The lowest BCUT2D eigenvalue weighted by atomic mass is 10.0. The first kappa shape index (κ1) is 8.28. The van der Waals surface area contributed by atoms with Gasteiger partial charge in [-0.2, -0.15) is 0 Å². The largest absolute Gasteiger partial charge is 0.324 e. The molecule has 0 bridgehead atoms. The number of rotatable bonds is 3. The quantitative estimate of drug-likeness (QED) is 0.699. The highest BCUT2D eigenvalue weighted by atomic mass is 14.6. The predicted octanol–water partition coefficient (Wildman–Crippen LogP) is 2.29. The van der Waals surface area contributed by atoms with Gasteiger partial charge in [-0.05, 0) is 18.1 Å². The first-order valence-electron chi connectivity index (χ1n) is 4.06. The number of nitrogens with two attached hydrogens (primary N) is 1. The van der Waals surface area contributed by atoms with Crippen LogP contribution in [0.2, 0.25) is 0 Å². The molecule has 0 aromatic heterocycles. The van der Waals surface area contributed by atoms with Crippen LogP contribution in [0, 0.1) is 6.07 Å². The minimum Gasteiger partial charge on any atom is -0.324 e. The Morgan fingerprint density at radius 3 is 2.91 bits per heavy atom. The van der Waals surface area contributed by atoms with E-state index in [-0.39, 0.29) is 6.04 Å². The van der Waals surface area contributed by atoms with Crippen molar-refractivity contribution in [3.05, 3.63) is 35.9 Å². The highest BCUT2D eigenvalue weighted by Crippen LogP contribution is 2.13. The van der Waals surface area contributed by atoms with Crippen LogP contribution in [0.1, 0.15) is 31.4 Å². The van der Waals surface area contributed by atoms with E-state index >= 15 is 0 Å². The third-order valence-corrected chi connectivity index (χ3v) is 1.73. The molecule has 0 spiro atoms. The van der Waals surface area contributed by atoms with Gasteiger partial charge in [0.1, 0.15) is 0 Å². The van der Waals surface area contributed by atoms with Gasteiger partial charge in [0.15, 0.2) is 0 Å². The standard InChI is InChI=1S/C10H14N/c1-2-6-10(11)9-7-4-3-5-8-9/h3-5,7,10H,2,6,11H2,1H3. The fourth-order valence-corrected chi connectivity index (χ4v) is 1.10. The maximum absolute atomic E-state index is 5.87. The number of hydrogen-bond donors (Lipinski definition) is 1. The summed E-state index contributed by atoms with van der Waals surface area (Å²) in [6, 6.07) is 11.2. The molecule has 2 N–H and O–H groups in total. The van der Waals surface area contributed by atoms with Crippen molar-refractivity contribution in [2.75, 3.05) is 0 Å². The molecule has 1 aromatic rings. The molecule has 1 aromatic carbocycles. The molecule has 0 aliphatic rings. The second kappa shape index (κ2) is 4.14. The van der Waals surface area contributed by atoms with Crippen molar-refractivity contribution in [3.63, 3.8) is 0 Å². The second-order valence-electron chi connectivity index (χ2n) is 2.71. The van der Waals surface area contributed by atoms with Crippen LogP contribution in [0.5, 0.6) is 0 Å².